The average molecular weight is 293 g/mol. The lowest BCUT2D eigenvalue weighted by Crippen LogP contribution is -2.39. The van der Waals surface area contributed by atoms with Gasteiger partial charge < -0.3 is 10.2 Å². The van der Waals surface area contributed by atoms with E-state index in [-0.39, 0.29) is 17.8 Å². The molecule has 2 heterocycles. The van der Waals surface area contributed by atoms with Crippen LogP contribution in [0.3, 0.4) is 0 Å². The fourth-order valence-corrected chi connectivity index (χ4v) is 3.56. The second-order valence-electron chi connectivity index (χ2n) is 5.54. The number of hydrogen-bond acceptors (Lipinski definition) is 2. The molecule has 1 N–H and O–H groups in total. The third-order valence-corrected chi connectivity index (χ3v) is 4.55. The third kappa shape index (κ3) is 2.25. The van der Waals surface area contributed by atoms with Crippen LogP contribution < -0.4 is 5.32 Å². The van der Waals surface area contributed by atoms with Gasteiger partial charge in [-0.1, -0.05) is 36.4 Å². The van der Waals surface area contributed by atoms with Crippen LogP contribution in [0.15, 0.2) is 43.0 Å². The Balaban J connectivity index is 0.00000147. The Bertz CT molecular complexity index is 491. The van der Waals surface area contributed by atoms with E-state index in [1.807, 2.05) is 17.0 Å². The number of hydrogen-bond donors (Lipinski definition) is 1. The van der Waals surface area contributed by atoms with Gasteiger partial charge >= 0.3 is 0 Å². The van der Waals surface area contributed by atoms with Crippen LogP contribution in [0.4, 0.5) is 0 Å². The van der Waals surface area contributed by atoms with E-state index in [4.69, 9.17) is 0 Å². The number of amides is 1. The summed E-state index contributed by atoms with van der Waals surface area (Å²) in [7, 11) is 0. The Morgan fingerprint density at radius 2 is 2.15 bits per heavy atom. The van der Waals surface area contributed by atoms with Crippen molar-refractivity contribution in [1.29, 1.82) is 0 Å². The second kappa shape index (κ2) is 5.98. The molecule has 2 saturated heterocycles. The van der Waals surface area contributed by atoms with Crippen molar-refractivity contribution in [2.75, 3.05) is 26.2 Å². The zero-order chi connectivity index (χ0) is 13.3. The van der Waals surface area contributed by atoms with Gasteiger partial charge in [0.1, 0.15) is 0 Å². The van der Waals surface area contributed by atoms with E-state index in [0.29, 0.717) is 18.4 Å². The molecule has 2 aliphatic rings. The van der Waals surface area contributed by atoms with Gasteiger partial charge in [-0.15, -0.1) is 19.0 Å². The minimum Gasteiger partial charge on any atom is -0.338 e. The second-order valence-corrected chi connectivity index (χ2v) is 5.54. The number of halogens is 1. The Hall–Kier alpha value is -1.32. The molecule has 2 atom stereocenters. The minimum absolute atomic E-state index is 0. The first-order valence-corrected chi connectivity index (χ1v) is 6.94. The van der Waals surface area contributed by atoms with Crippen molar-refractivity contribution >= 4 is 18.3 Å². The van der Waals surface area contributed by atoms with Gasteiger partial charge in [-0.05, 0) is 12.0 Å². The van der Waals surface area contributed by atoms with Crippen LogP contribution >= 0.6 is 12.4 Å². The SMILES string of the molecule is C=CCN1CC[C@@]2(CNC[C@@H]2c2ccccc2)C1=O.Cl. The van der Waals surface area contributed by atoms with Crippen LogP contribution in [0.5, 0.6) is 0 Å². The standard InChI is InChI=1S/C16H20N2O.ClH/c1-2-9-18-10-8-16(15(18)19)12-17-11-14(16)13-6-4-3-5-7-13;/h2-7,14,17H,1,8-12H2;1H/t14-,16+;/m1./s1. The van der Waals surface area contributed by atoms with Crippen molar-refractivity contribution in [3.05, 3.63) is 48.6 Å². The van der Waals surface area contributed by atoms with Crippen LogP contribution in [0, 0.1) is 5.41 Å². The van der Waals surface area contributed by atoms with E-state index in [1.165, 1.54) is 5.56 Å². The molecule has 1 amide bonds. The summed E-state index contributed by atoms with van der Waals surface area (Å²) in [6, 6.07) is 10.4. The van der Waals surface area contributed by atoms with E-state index >= 15 is 0 Å². The summed E-state index contributed by atoms with van der Waals surface area (Å²) >= 11 is 0. The Kier molecular flexibility index (Phi) is 4.51. The molecule has 108 valence electrons. The predicted molar refractivity (Wildman–Crippen MR) is 83.1 cm³/mol. The number of nitrogens with one attached hydrogen (secondary N) is 1. The Morgan fingerprint density at radius 3 is 2.85 bits per heavy atom. The molecule has 0 saturated carbocycles. The van der Waals surface area contributed by atoms with Gasteiger partial charge in [0.15, 0.2) is 0 Å². The smallest absolute Gasteiger partial charge is 0.231 e. The highest BCUT2D eigenvalue weighted by Crippen LogP contribution is 2.46. The zero-order valence-electron chi connectivity index (χ0n) is 11.5. The quantitative estimate of drug-likeness (QED) is 0.866. The molecule has 4 heteroatoms. The molecular formula is C16H21ClN2O. The van der Waals surface area contributed by atoms with E-state index < -0.39 is 0 Å². The van der Waals surface area contributed by atoms with E-state index in [2.05, 4.69) is 36.2 Å². The van der Waals surface area contributed by atoms with Crippen LogP contribution in [-0.2, 0) is 4.79 Å². The van der Waals surface area contributed by atoms with Gasteiger partial charge in [0.2, 0.25) is 5.91 Å². The highest BCUT2D eigenvalue weighted by Gasteiger charge is 2.54. The molecule has 20 heavy (non-hydrogen) atoms. The van der Waals surface area contributed by atoms with Crippen molar-refractivity contribution in [2.24, 2.45) is 5.41 Å². The molecule has 2 aliphatic heterocycles. The first-order chi connectivity index (χ1) is 9.28. The van der Waals surface area contributed by atoms with Gasteiger partial charge in [0, 0.05) is 32.1 Å². The van der Waals surface area contributed by atoms with Crippen LogP contribution in [0.1, 0.15) is 17.9 Å². The summed E-state index contributed by atoms with van der Waals surface area (Å²) in [5.41, 5.74) is 1.05. The lowest BCUT2D eigenvalue weighted by atomic mass is 9.73. The lowest BCUT2D eigenvalue weighted by molar-refractivity contribution is -0.135. The van der Waals surface area contributed by atoms with Crippen molar-refractivity contribution in [1.82, 2.24) is 10.2 Å². The molecule has 2 fully saturated rings. The van der Waals surface area contributed by atoms with Gasteiger partial charge in [-0.25, -0.2) is 0 Å². The number of carbonyl (C=O) groups is 1. The molecular weight excluding hydrogens is 272 g/mol. The number of carbonyl (C=O) groups excluding carboxylic acids is 1. The highest BCUT2D eigenvalue weighted by molar-refractivity contribution is 5.87. The van der Waals surface area contributed by atoms with Crippen molar-refractivity contribution < 1.29 is 4.79 Å². The Labute approximate surface area is 126 Å². The summed E-state index contributed by atoms with van der Waals surface area (Å²) in [6.07, 6.45) is 2.77. The highest BCUT2D eigenvalue weighted by atomic mass is 35.5. The number of rotatable bonds is 3. The average Bonchev–Trinajstić information content (AvgIpc) is 3.00. The molecule has 1 aromatic rings. The van der Waals surface area contributed by atoms with E-state index in [9.17, 15) is 4.79 Å². The molecule has 3 nitrogen and oxygen atoms in total. The maximum Gasteiger partial charge on any atom is 0.231 e. The first-order valence-electron chi connectivity index (χ1n) is 6.94. The maximum atomic E-state index is 12.7. The molecule has 0 bridgehead atoms. The number of nitrogens with zero attached hydrogens (tertiary/aromatic N) is 1. The minimum atomic E-state index is -0.232. The van der Waals surface area contributed by atoms with Crippen molar-refractivity contribution in [3.8, 4) is 0 Å². The van der Waals surface area contributed by atoms with Crippen LogP contribution in [0.2, 0.25) is 0 Å². The first kappa shape index (κ1) is 15.1. The van der Waals surface area contributed by atoms with Crippen molar-refractivity contribution in [3.63, 3.8) is 0 Å². The van der Waals surface area contributed by atoms with Gasteiger partial charge in [0.25, 0.3) is 0 Å². The topological polar surface area (TPSA) is 32.3 Å². The third-order valence-electron chi connectivity index (χ3n) is 4.55. The molecule has 0 unspecified atom stereocenters. The fourth-order valence-electron chi connectivity index (χ4n) is 3.56. The maximum absolute atomic E-state index is 12.7. The molecule has 0 aromatic heterocycles. The molecule has 1 spiro atoms. The number of likely N-dealkylation sites (tertiary alicyclic amines) is 1. The van der Waals surface area contributed by atoms with Gasteiger partial charge in [0.05, 0.1) is 5.41 Å². The van der Waals surface area contributed by atoms with Gasteiger partial charge in [-0.2, -0.15) is 0 Å². The largest absolute Gasteiger partial charge is 0.338 e. The number of benzene rings is 1. The van der Waals surface area contributed by atoms with E-state index in [0.717, 1.165) is 26.1 Å². The van der Waals surface area contributed by atoms with Crippen molar-refractivity contribution in [2.45, 2.75) is 12.3 Å². The molecule has 0 radical (unpaired) electrons. The van der Waals surface area contributed by atoms with Crippen LogP contribution in [0.25, 0.3) is 0 Å². The van der Waals surface area contributed by atoms with Gasteiger partial charge in [-0.3, -0.25) is 4.79 Å². The summed E-state index contributed by atoms with van der Waals surface area (Å²) < 4.78 is 0. The zero-order valence-corrected chi connectivity index (χ0v) is 12.4. The monoisotopic (exact) mass is 292 g/mol. The molecule has 3 rings (SSSR count). The predicted octanol–water partition coefficient (Wildman–Crippen LogP) is 2.20. The summed E-state index contributed by atoms with van der Waals surface area (Å²) in [5, 5.41) is 3.42. The molecule has 0 aliphatic carbocycles. The molecule has 1 aromatic carbocycles. The Morgan fingerprint density at radius 1 is 1.40 bits per heavy atom. The summed E-state index contributed by atoms with van der Waals surface area (Å²) in [6.45, 7) is 6.97. The van der Waals surface area contributed by atoms with E-state index in [1.54, 1.807) is 0 Å². The summed E-state index contributed by atoms with van der Waals surface area (Å²) in [4.78, 5) is 14.7. The van der Waals surface area contributed by atoms with Crippen LogP contribution in [-0.4, -0.2) is 37.0 Å². The lowest BCUT2D eigenvalue weighted by Gasteiger charge is -2.29. The fraction of sp³-hybridized carbons (Fsp3) is 0.438. The summed E-state index contributed by atoms with van der Waals surface area (Å²) in [5.74, 6) is 0.599. The normalized spacial score (nSPS) is 28.7.